The van der Waals surface area contributed by atoms with Gasteiger partial charge in [0.05, 0.1) is 31.5 Å². The third kappa shape index (κ3) is 5.35. The lowest BCUT2D eigenvalue weighted by molar-refractivity contribution is 0.163. The molecule has 0 radical (unpaired) electrons. The number of halogens is 1. The highest BCUT2D eigenvalue weighted by Gasteiger charge is 2.31. The molecule has 0 saturated heterocycles. The highest BCUT2D eigenvalue weighted by atomic mass is 19.1. The van der Waals surface area contributed by atoms with Crippen molar-refractivity contribution in [1.82, 2.24) is 30.1 Å². The summed E-state index contributed by atoms with van der Waals surface area (Å²) in [6, 6.07) is 17.1. The van der Waals surface area contributed by atoms with Crippen molar-refractivity contribution >= 4 is 10.9 Å². The average Bonchev–Trinajstić information content (AvgIpc) is 3.58. The zero-order valence-electron chi connectivity index (χ0n) is 20.6. The number of nitrogens with zero attached hydrogens (tertiary/aromatic N) is 5. The first-order valence-corrected chi connectivity index (χ1v) is 11.9. The minimum Gasteiger partial charge on any atom is -0.468 e. The molecule has 1 N–H and O–H groups in total. The number of hydrogen-bond acceptors (Lipinski definition) is 7. The van der Waals surface area contributed by atoms with Gasteiger partial charge in [0.2, 0.25) is 0 Å². The van der Waals surface area contributed by atoms with Crippen LogP contribution in [0, 0.1) is 12.7 Å². The molecular formula is C27H27FN6O3. The topological polar surface area (TPSA) is 102 Å². The molecule has 0 amide bonds. The molecule has 2 aromatic carbocycles. The SMILES string of the molecule is COCCn1nnnc1[C@@H](c1cc2cccc(C)c2[nH]c1=O)N(Cc1ccc(F)cc1)Cc1ccco1. The van der Waals surface area contributed by atoms with E-state index in [0.717, 1.165) is 22.0 Å². The van der Waals surface area contributed by atoms with Gasteiger partial charge in [0, 0.05) is 19.2 Å². The first kappa shape index (κ1) is 24.5. The number of nitrogens with one attached hydrogen (secondary N) is 1. The summed E-state index contributed by atoms with van der Waals surface area (Å²) < 4.78 is 26.2. The van der Waals surface area contributed by atoms with Crippen LogP contribution in [-0.2, 0) is 24.4 Å². The Morgan fingerprint density at radius 2 is 1.97 bits per heavy atom. The quantitative estimate of drug-likeness (QED) is 0.308. The van der Waals surface area contributed by atoms with E-state index in [1.165, 1.54) is 12.1 Å². The predicted molar refractivity (Wildman–Crippen MR) is 135 cm³/mol. The number of benzene rings is 2. The molecule has 0 aliphatic rings. The van der Waals surface area contributed by atoms with Crippen molar-refractivity contribution in [2.45, 2.75) is 32.6 Å². The van der Waals surface area contributed by atoms with Crippen LogP contribution in [-0.4, -0.2) is 43.8 Å². The summed E-state index contributed by atoms with van der Waals surface area (Å²) in [5, 5.41) is 13.3. The Morgan fingerprint density at radius 3 is 2.73 bits per heavy atom. The van der Waals surface area contributed by atoms with Gasteiger partial charge in [-0.2, -0.15) is 0 Å². The van der Waals surface area contributed by atoms with E-state index in [-0.39, 0.29) is 11.4 Å². The van der Waals surface area contributed by atoms with Crippen LogP contribution in [0.15, 0.2) is 76.1 Å². The Bertz CT molecular complexity index is 1530. The van der Waals surface area contributed by atoms with Gasteiger partial charge in [0.25, 0.3) is 5.56 Å². The molecule has 5 aromatic rings. The monoisotopic (exact) mass is 502 g/mol. The van der Waals surface area contributed by atoms with Crippen molar-refractivity contribution in [2.24, 2.45) is 0 Å². The van der Waals surface area contributed by atoms with Gasteiger partial charge in [-0.3, -0.25) is 9.69 Å². The maximum atomic E-state index is 13.7. The number of pyridine rings is 1. The molecule has 9 nitrogen and oxygen atoms in total. The van der Waals surface area contributed by atoms with Gasteiger partial charge in [-0.05, 0) is 64.2 Å². The summed E-state index contributed by atoms with van der Waals surface area (Å²) in [6.07, 6.45) is 1.61. The van der Waals surface area contributed by atoms with Crippen molar-refractivity contribution in [1.29, 1.82) is 0 Å². The predicted octanol–water partition coefficient (Wildman–Crippen LogP) is 3.99. The summed E-state index contributed by atoms with van der Waals surface area (Å²) in [5.41, 5.74) is 2.87. The van der Waals surface area contributed by atoms with Crippen LogP contribution < -0.4 is 5.56 Å². The van der Waals surface area contributed by atoms with Gasteiger partial charge < -0.3 is 14.1 Å². The summed E-state index contributed by atoms with van der Waals surface area (Å²) in [6.45, 7) is 3.50. The Kier molecular flexibility index (Phi) is 7.20. The van der Waals surface area contributed by atoms with E-state index >= 15 is 0 Å². The zero-order valence-corrected chi connectivity index (χ0v) is 20.6. The number of H-pyrrole nitrogens is 1. The molecule has 5 rings (SSSR count). The minimum absolute atomic E-state index is 0.239. The van der Waals surface area contributed by atoms with E-state index < -0.39 is 6.04 Å². The number of aryl methyl sites for hydroxylation is 1. The van der Waals surface area contributed by atoms with Crippen LogP contribution in [0.25, 0.3) is 10.9 Å². The molecule has 3 heterocycles. The average molecular weight is 503 g/mol. The number of aromatic nitrogens is 5. The standard InChI is InChI=1S/C27H27FN6O3/c1-18-5-3-6-20-15-23(27(35)29-24(18)20)25(26-30-31-32-34(26)12-14-36-2)33(17-22-7-4-13-37-22)16-19-8-10-21(28)11-9-19/h3-11,13,15,25H,12,14,16-17H2,1-2H3,(H,29,35)/t25-/m1/s1. The highest BCUT2D eigenvalue weighted by molar-refractivity contribution is 5.82. The third-order valence-corrected chi connectivity index (χ3v) is 6.33. The Morgan fingerprint density at radius 1 is 1.14 bits per heavy atom. The van der Waals surface area contributed by atoms with E-state index in [1.54, 1.807) is 30.2 Å². The van der Waals surface area contributed by atoms with E-state index in [2.05, 4.69) is 20.5 Å². The van der Waals surface area contributed by atoms with Crippen molar-refractivity contribution in [2.75, 3.05) is 13.7 Å². The number of aromatic amines is 1. The second kappa shape index (κ2) is 10.9. The van der Waals surface area contributed by atoms with Crippen LogP contribution in [0.4, 0.5) is 4.39 Å². The molecule has 0 unspecified atom stereocenters. The van der Waals surface area contributed by atoms with Crippen LogP contribution >= 0.6 is 0 Å². The van der Waals surface area contributed by atoms with Crippen molar-refractivity contribution in [3.63, 3.8) is 0 Å². The summed E-state index contributed by atoms with van der Waals surface area (Å²) in [5.74, 6) is 0.877. The molecule has 0 spiro atoms. The van der Waals surface area contributed by atoms with Crippen LogP contribution in [0.2, 0.25) is 0 Å². The van der Waals surface area contributed by atoms with E-state index in [0.29, 0.717) is 43.4 Å². The minimum atomic E-state index is -0.643. The second-order valence-electron chi connectivity index (χ2n) is 8.86. The third-order valence-electron chi connectivity index (χ3n) is 6.33. The van der Waals surface area contributed by atoms with Crippen LogP contribution in [0.3, 0.4) is 0 Å². The van der Waals surface area contributed by atoms with Gasteiger partial charge in [0.15, 0.2) is 5.82 Å². The zero-order chi connectivity index (χ0) is 25.8. The maximum absolute atomic E-state index is 13.7. The van der Waals surface area contributed by atoms with E-state index in [9.17, 15) is 9.18 Å². The van der Waals surface area contributed by atoms with Crippen molar-refractivity contribution in [3.05, 3.63) is 111 Å². The molecule has 0 fully saturated rings. The first-order chi connectivity index (χ1) is 18.0. The molecule has 3 aromatic heterocycles. The number of tetrazole rings is 1. The van der Waals surface area contributed by atoms with Crippen molar-refractivity contribution in [3.8, 4) is 0 Å². The van der Waals surface area contributed by atoms with Gasteiger partial charge in [-0.15, -0.1) is 5.10 Å². The lowest BCUT2D eigenvalue weighted by Gasteiger charge is -2.30. The largest absolute Gasteiger partial charge is 0.468 e. The highest BCUT2D eigenvalue weighted by Crippen LogP contribution is 2.30. The van der Waals surface area contributed by atoms with Gasteiger partial charge in [-0.25, -0.2) is 9.07 Å². The van der Waals surface area contributed by atoms with Gasteiger partial charge >= 0.3 is 0 Å². The molecule has 0 saturated carbocycles. The second-order valence-corrected chi connectivity index (χ2v) is 8.86. The fourth-order valence-corrected chi connectivity index (χ4v) is 4.51. The summed E-state index contributed by atoms with van der Waals surface area (Å²) >= 11 is 0. The molecular weight excluding hydrogens is 475 g/mol. The summed E-state index contributed by atoms with van der Waals surface area (Å²) in [7, 11) is 1.61. The fourth-order valence-electron chi connectivity index (χ4n) is 4.51. The summed E-state index contributed by atoms with van der Waals surface area (Å²) in [4.78, 5) is 18.7. The van der Waals surface area contributed by atoms with Crippen LogP contribution in [0.5, 0.6) is 0 Å². The van der Waals surface area contributed by atoms with E-state index in [4.69, 9.17) is 9.15 Å². The molecule has 37 heavy (non-hydrogen) atoms. The Hall–Kier alpha value is -4.15. The van der Waals surface area contributed by atoms with Gasteiger partial charge in [0.1, 0.15) is 17.6 Å². The molecule has 190 valence electrons. The molecule has 0 aliphatic heterocycles. The molecule has 0 bridgehead atoms. The van der Waals surface area contributed by atoms with E-state index in [1.807, 2.05) is 48.2 Å². The smallest absolute Gasteiger partial charge is 0.253 e. The Balaban J connectivity index is 1.68. The number of furan rings is 1. The number of methoxy groups -OCH3 is 1. The number of para-hydroxylation sites is 1. The number of hydrogen-bond donors (Lipinski definition) is 1. The molecule has 10 heteroatoms. The normalized spacial score (nSPS) is 12.4. The lowest BCUT2D eigenvalue weighted by atomic mass is 10.0. The maximum Gasteiger partial charge on any atom is 0.253 e. The first-order valence-electron chi connectivity index (χ1n) is 11.9. The Labute approximate surface area is 212 Å². The van der Waals surface area contributed by atoms with Crippen molar-refractivity contribution < 1.29 is 13.5 Å². The molecule has 1 atom stereocenters. The number of fused-ring (bicyclic) bond motifs is 1. The molecule has 0 aliphatic carbocycles. The lowest BCUT2D eigenvalue weighted by Crippen LogP contribution is -2.35. The fraction of sp³-hybridized carbons (Fsp3) is 0.259. The number of rotatable bonds is 10. The van der Waals surface area contributed by atoms with Gasteiger partial charge in [-0.1, -0.05) is 30.3 Å². The number of ether oxygens (including phenoxy) is 1. The van der Waals surface area contributed by atoms with Crippen LogP contribution in [0.1, 0.15) is 34.3 Å².